The number of nitrogens with zero attached hydrogens (tertiary/aromatic N) is 2. The van der Waals surface area contributed by atoms with Gasteiger partial charge in [0.15, 0.2) is 11.5 Å². The first-order chi connectivity index (χ1) is 11.7. The molecule has 1 unspecified atom stereocenters. The van der Waals surface area contributed by atoms with Crippen LogP contribution in [0.1, 0.15) is 37.6 Å². The molecule has 1 aliphatic rings. The van der Waals surface area contributed by atoms with E-state index < -0.39 is 0 Å². The molecule has 4 heteroatoms. The van der Waals surface area contributed by atoms with Crippen LogP contribution < -0.4 is 9.47 Å². The summed E-state index contributed by atoms with van der Waals surface area (Å²) in [5, 5.41) is 0. The Labute approximate surface area is 145 Å². The molecular formula is C20H28N2O2. The van der Waals surface area contributed by atoms with Crippen molar-refractivity contribution in [2.45, 2.75) is 32.9 Å². The molecule has 1 aromatic heterocycles. The normalized spacial score (nSPS) is 18.3. The number of hydrogen-bond acceptors (Lipinski definition) is 3. The molecular weight excluding hydrogens is 300 g/mol. The highest BCUT2D eigenvalue weighted by Gasteiger charge is 2.30. The highest BCUT2D eigenvalue weighted by atomic mass is 16.5. The lowest BCUT2D eigenvalue weighted by Crippen LogP contribution is -2.33. The third kappa shape index (κ3) is 3.16. The van der Waals surface area contributed by atoms with Crippen molar-refractivity contribution in [1.82, 2.24) is 9.47 Å². The zero-order valence-corrected chi connectivity index (χ0v) is 15.2. The van der Waals surface area contributed by atoms with Crippen molar-refractivity contribution in [3.8, 4) is 11.5 Å². The maximum absolute atomic E-state index is 5.75. The molecule has 1 aromatic carbocycles. The van der Waals surface area contributed by atoms with Crippen LogP contribution in [0.5, 0.6) is 11.5 Å². The summed E-state index contributed by atoms with van der Waals surface area (Å²) in [5.41, 5.74) is 2.51. The van der Waals surface area contributed by atoms with Gasteiger partial charge in [0.2, 0.25) is 0 Å². The minimum atomic E-state index is 0.190. The molecule has 0 amide bonds. The summed E-state index contributed by atoms with van der Waals surface area (Å²) in [6.45, 7) is 7.79. The number of benzene rings is 1. The predicted molar refractivity (Wildman–Crippen MR) is 96.8 cm³/mol. The van der Waals surface area contributed by atoms with Gasteiger partial charge in [-0.1, -0.05) is 26.0 Å². The minimum Gasteiger partial charge on any atom is -0.493 e. The van der Waals surface area contributed by atoms with Crippen molar-refractivity contribution >= 4 is 0 Å². The molecule has 24 heavy (non-hydrogen) atoms. The van der Waals surface area contributed by atoms with Gasteiger partial charge in [0.25, 0.3) is 0 Å². The lowest BCUT2D eigenvalue weighted by atomic mass is 9.99. The smallest absolute Gasteiger partial charge is 0.165 e. The van der Waals surface area contributed by atoms with Crippen LogP contribution >= 0.6 is 0 Å². The van der Waals surface area contributed by atoms with Crippen molar-refractivity contribution in [3.63, 3.8) is 0 Å². The third-order valence-electron chi connectivity index (χ3n) is 4.68. The Balaban J connectivity index is 2.13. The first-order valence-corrected chi connectivity index (χ1v) is 8.75. The van der Waals surface area contributed by atoms with Crippen LogP contribution in [0.4, 0.5) is 0 Å². The second-order valence-electron chi connectivity index (χ2n) is 6.85. The number of hydrogen-bond donors (Lipinski definition) is 0. The van der Waals surface area contributed by atoms with E-state index in [1.165, 1.54) is 11.3 Å². The van der Waals surface area contributed by atoms with Gasteiger partial charge in [-0.3, -0.25) is 4.90 Å². The van der Waals surface area contributed by atoms with Crippen LogP contribution in [-0.4, -0.2) is 36.8 Å². The first-order valence-electron chi connectivity index (χ1n) is 8.75. The van der Waals surface area contributed by atoms with E-state index in [1.54, 1.807) is 14.2 Å². The molecule has 2 heterocycles. The summed E-state index contributed by atoms with van der Waals surface area (Å²) in [5.74, 6) is 2.25. The van der Waals surface area contributed by atoms with Crippen LogP contribution in [0.25, 0.3) is 0 Å². The number of para-hydroxylation sites is 1. The fraction of sp³-hybridized carbons (Fsp3) is 0.500. The molecule has 0 radical (unpaired) electrons. The highest BCUT2D eigenvalue weighted by Crippen LogP contribution is 2.41. The van der Waals surface area contributed by atoms with E-state index in [9.17, 15) is 0 Å². The van der Waals surface area contributed by atoms with Gasteiger partial charge in [-0.15, -0.1) is 0 Å². The number of rotatable bonds is 5. The van der Waals surface area contributed by atoms with E-state index in [-0.39, 0.29) is 6.04 Å². The number of methoxy groups -OCH3 is 2. The van der Waals surface area contributed by atoms with E-state index in [1.807, 2.05) is 6.07 Å². The van der Waals surface area contributed by atoms with Gasteiger partial charge in [0, 0.05) is 37.1 Å². The zero-order chi connectivity index (χ0) is 17.1. The zero-order valence-electron chi connectivity index (χ0n) is 15.2. The molecule has 0 saturated heterocycles. The Morgan fingerprint density at radius 1 is 1.08 bits per heavy atom. The van der Waals surface area contributed by atoms with Crippen molar-refractivity contribution in [2.75, 3.05) is 27.3 Å². The Hall–Kier alpha value is -1.94. The van der Waals surface area contributed by atoms with Crippen molar-refractivity contribution in [1.29, 1.82) is 0 Å². The van der Waals surface area contributed by atoms with Crippen LogP contribution in [0.2, 0.25) is 0 Å². The predicted octanol–water partition coefficient (Wildman–Crippen LogP) is 3.96. The van der Waals surface area contributed by atoms with Crippen molar-refractivity contribution in [3.05, 3.63) is 47.8 Å². The molecule has 0 bridgehead atoms. The molecule has 0 spiro atoms. The lowest BCUT2D eigenvalue weighted by Gasteiger charge is -2.33. The average Bonchev–Trinajstić information content (AvgIpc) is 2.95. The molecule has 2 aromatic rings. The second-order valence-corrected chi connectivity index (χ2v) is 6.85. The quantitative estimate of drug-likeness (QED) is 0.831. The molecule has 0 saturated carbocycles. The van der Waals surface area contributed by atoms with E-state index >= 15 is 0 Å². The maximum atomic E-state index is 5.75. The molecule has 1 atom stereocenters. The Bertz CT molecular complexity index is 678. The van der Waals surface area contributed by atoms with Gasteiger partial charge in [-0.25, -0.2) is 0 Å². The lowest BCUT2D eigenvalue weighted by molar-refractivity contribution is 0.200. The van der Waals surface area contributed by atoms with Crippen LogP contribution in [0.15, 0.2) is 36.5 Å². The summed E-state index contributed by atoms with van der Waals surface area (Å²) in [6.07, 6.45) is 3.35. The molecule has 4 nitrogen and oxygen atoms in total. The minimum absolute atomic E-state index is 0.190. The fourth-order valence-corrected chi connectivity index (χ4v) is 3.79. The van der Waals surface area contributed by atoms with E-state index in [2.05, 4.69) is 53.8 Å². The van der Waals surface area contributed by atoms with Gasteiger partial charge in [-0.05, 0) is 30.5 Å². The summed E-state index contributed by atoms with van der Waals surface area (Å²) < 4.78 is 13.7. The average molecular weight is 328 g/mol. The Kier molecular flexibility index (Phi) is 5.14. The summed E-state index contributed by atoms with van der Waals surface area (Å²) >= 11 is 0. The van der Waals surface area contributed by atoms with Crippen molar-refractivity contribution in [2.24, 2.45) is 5.92 Å². The van der Waals surface area contributed by atoms with Crippen LogP contribution in [-0.2, 0) is 6.54 Å². The van der Waals surface area contributed by atoms with Crippen LogP contribution in [0, 0.1) is 5.92 Å². The summed E-state index contributed by atoms with van der Waals surface area (Å²) in [7, 11) is 3.42. The molecule has 3 rings (SSSR count). The van der Waals surface area contributed by atoms with Gasteiger partial charge in [0.05, 0.1) is 20.3 Å². The van der Waals surface area contributed by atoms with Gasteiger partial charge in [-0.2, -0.15) is 0 Å². The molecule has 0 fully saturated rings. The SMILES string of the molecule is COc1cccc(C2c3cccn3CCCN2CC(C)C)c1OC. The highest BCUT2D eigenvalue weighted by molar-refractivity contribution is 5.50. The fourth-order valence-electron chi connectivity index (χ4n) is 3.79. The van der Waals surface area contributed by atoms with Gasteiger partial charge >= 0.3 is 0 Å². The number of aromatic nitrogens is 1. The van der Waals surface area contributed by atoms with E-state index in [0.29, 0.717) is 5.92 Å². The summed E-state index contributed by atoms with van der Waals surface area (Å²) in [4.78, 5) is 2.58. The van der Waals surface area contributed by atoms with Gasteiger partial charge < -0.3 is 14.0 Å². The van der Waals surface area contributed by atoms with Gasteiger partial charge in [0.1, 0.15) is 0 Å². The monoisotopic (exact) mass is 328 g/mol. The van der Waals surface area contributed by atoms with Crippen LogP contribution in [0.3, 0.4) is 0 Å². The molecule has 1 aliphatic heterocycles. The molecule has 0 N–H and O–H groups in total. The maximum Gasteiger partial charge on any atom is 0.165 e. The molecule has 130 valence electrons. The largest absolute Gasteiger partial charge is 0.493 e. The standard InChI is InChI=1S/C20H28N2O2/c1-15(2)14-22-13-7-12-21-11-6-9-17(21)19(22)16-8-5-10-18(23-3)20(16)24-4/h5-6,8-11,15,19H,7,12-14H2,1-4H3. The topological polar surface area (TPSA) is 26.6 Å². The van der Waals surface area contributed by atoms with E-state index in [0.717, 1.165) is 37.6 Å². The number of ether oxygens (including phenoxy) is 2. The number of fused-ring (bicyclic) bond motifs is 1. The third-order valence-corrected chi connectivity index (χ3v) is 4.68. The Morgan fingerprint density at radius 3 is 2.62 bits per heavy atom. The van der Waals surface area contributed by atoms with E-state index in [4.69, 9.17) is 9.47 Å². The summed E-state index contributed by atoms with van der Waals surface area (Å²) in [6, 6.07) is 10.8. The first kappa shape index (κ1) is 16.9. The second kappa shape index (κ2) is 7.31. The molecule has 0 aliphatic carbocycles. The number of aryl methyl sites for hydroxylation is 1. The van der Waals surface area contributed by atoms with Crippen molar-refractivity contribution < 1.29 is 9.47 Å². The Morgan fingerprint density at radius 2 is 1.92 bits per heavy atom.